The van der Waals surface area contributed by atoms with Crippen LogP contribution in [0.25, 0.3) is 0 Å². The zero-order valence-corrected chi connectivity index (χ0v) is 11.0. The van der Waals surface area contributed by atoms with Gasteiger partial charge in [-0.05, 0) is 20.9 Å². The summed E-state index contributed by atoms with van der Waals surface area (Å²) in [5.41, 5.74) is 6.80. The zero-order valence-electron chi connectivity index (χ0n) is 10.2. The number of anilines is 1. The third kappa shape index (κ3) is 2.21. The predicted molar refractivity (Wildman–Crippen MR) is 68.9 cm³/mol. The zero-order chi connectivity index (χ0) is 11.8. The quantitative estimate of drug-likeness (QED) is 0.842. The van der Waals surface area contributed by atoms with E-state index in [0.717, 1.165) is 30.5 Å². The molecule has 4 nitrogen and oxygen atoms in total. The summed E-state index contributed by atoms with van der Waals surface area (Å²) >= 11 is 1.70. The number of likely N-dealkylation sites (N-methyl/N-ethyl adjacent to an activating group) is 1. The Hall–Kier alpha value is -0.650. The highest BCUT2D eigenvalue weighted by molar-refractivity contribution is 7.13. The highest BCUT2D eigenvalue weighted by Crippen LogP contribution is 2.26. The Morgan fingerprint density at radius 3 is 2.81 bits per heavy atom. The van der Waals surface area contributed by atoms with E-state index in [0.29, 0.717) is 6.54 Å². The number of hydrogen-bond acceptors (Lipinski definition) is 5. The molecule has 0 radical (unpaired) electrons. The standard InChI is InChI=1S/C11H20N4S/c1-11(2)8-15(5-4-14(11)3)10-13-9(6-12)7-16-10/h7H,4-6,8,12H2,1-3H3. The lowest BCUT2D eigenvalue weighted by Gasteiger charge is -2.45. The second-order valence-corrected chi connectivity index (χ2v) is 5.82. The molecule has 0 amide bonds. The smallest absolute Gasteiger partial charge is 0.185 e. The van der Waals surface area contributed by atoms with Crippen LogP contribution in [0.2, 0.25) is 0 Å². The number of nitrogens with two attached hydrogens (primary N) is 1. The number of hydrogen-bond donors (Lipinski definition) is 1. The van der Waals surface area contributed by atoms with E-state index in [1.807, 2.05) is 0 Å². The van der Waals surface area contributed by atoms with Gasteiger partial charge in [0.25, 0.3) is 0 Å². The number of thiazole rings is 1. The molecule has 2 rings (SSSR count). The SMILES string of the molecule is CN1CCN(c2nc(CN)cs2)CC1(C)C. The maximum atomic E-state index is 5.59. The summed E-state index contributed by atoms with van der Waals surface area (Å²) in [5.74, 6) is 0. The number of rotatable bonds is 2. The molecule has 1 aromatic rings. The minimum atomic E-state index is 0.215. The third-order valence-corrected chi connectivity index (χ3v) is 4.29. The molecule has 5 heteroatoms. The van der Waals surface area contributed by atoms with Gasteiger partial charge in [-0.3, -0.25) is 4.90 Å². The summed E-state index contributed by atoms with van der Waals surface area (Å²) in [6.45, 7) is 8.25. The van der Waals surface area contributed by atoms with Crippen LogP contribution in [0, 0.1) is 0 Å². The van der Waals surface area contributed by atoms with Crippen LogP contribution >= 0.6 is 11.3 Å². The van der Waals surface area contributed by atoms with Crippen molar-refractivity contribution in [1.29, 1.82) is 0 Å². The first-order chi connectivity index (χ1) is 7.53. The minimum absolute atomic E-state index is 0.215. The number of piperazine rings is 1. The van der Waals surface area contributed by atoms with Crippen molar-refractivity contribution in [3.05, 3.63) is 11.1 Å². The molecule has 16 heavy (non-hydrogen) atoms. The first-order valence-corrected chi connectivity index (χ1v) is 6.51. The fourth-order valence-electron chi connectivity index (χ4n) is 1.94. The Labute approximate surface area is 101 Å². The normalized spacial score (nSPS) is 21.4. The van der Waals surface area contributed by atoms with Crippen LogP contribution < -0.4 is 10.6 Å². The summed E-state index contributed by atoms with van der Waals surface area (Å²) in [6, 6.07) is 0. The summed E-state index contributed by atoms with van der Waals surface area (Å²) in [6.07, 6.45) is 0. The molecule has 2 heterocycles. The fraction of sp³-hybridized carbons (Fsp3) is 0.727. The van der Waals surface area contributed by atoms with Gasteiger partial charge in [0.05, 0.1) is 5.69 Å². The molecule has 0 bridgehead atoms. The Morgan fingerprint density at radius 1 is 1.50 bits per heavy atom. The first-order valence-electron chi connectivity index (χ1n) is 5.63. The molecule has 0 saturated carbocycles. The van der Waals surface area contributed by atoms with Crippen molar-refractivity contribution < 1.29 is 0 Å². The van der Waals surface area contributed by atoms with E-state index in [1.54, 1.807) is 11.3 Å². The van der Waals surface area contributed by atoms with Crippen LogP contribution in [0.4, 0.5) is 5.13 Å². The summed E-state index contributed by atoms with van der Waals surface area (Å²) < 4.78 is 0. The predicted octanol–water partition coefficient (Wildman–Crippen LogP) is 1.13. The topological polar surface area (TPSA) is 45.4 Å². The first kappa shape index (κ1) is 11.8. The van der Waals surface area contributed by atoms with Crippen molar-refractivity contribution in [2.24, 2.45) is 5.73 Å². The van der Waals surface area contributed by atoms with Crippen LogP contribution in [0.15, 0.2) is 5.38 Å². The molecule has 1 aromatic heterocycles. The Morgan fingerprint density at radius 2 is 2.25 bits per heavy atom. The van der Waals surface area contributed by atoms with Crippen LogP contribution in [-0.2, 0) is 6.54 Å². The van der Waals surface area contributed by atoms with Gasteiger partial charge >= 0.3 is 0 Å². The van der Waals surface area contributed by atoms with Gasteiger partial charge in [0.1, 0.15) is 0 Å². The second kappa shape index (κ2) is 4.31. The average molecular weight is 240 g/mol. The van der Waals surface area contributed by atoms with E-state index in [1.165, 1.54) is 0 Å². The third-order valence-electron chi connectivity index (χ3n) is 3.34. The average Bonchev–Trinajstić information content (AvgIpc) is 2.70. The van der Waals surface area contributed by atoms with Crippen LogP contribution in [-0.4, -0.2) is 42.1 Å². The Kier molecular flexibility index (Phi) is 3.19. The van der Waals surface area contributed by atoms with Gasteiger partial charge in [0.15, 0.2) is 5.13 Å². The van der Waals surface area contributed by atoms with Crippen molar-refractivity contribution in [3.63, 3.8) is 0 Å². The van der Waals surface area contributed by atoms with Crippen molar-refractivity contribution in [2.45, 2.75) is 25.9 Å². The number of nitrogens with zero attached hydrogens (tertiary/aromatic N) is 3. The summed E-state index contributed by atoms with van der Waals surface area (Å²) in [7, 11) is 2.19. The molecule has 0 aliphatic carbocycles. The number of aromatic nitrogens is 1. The second-order valence-electron chi connectivity index (χ2n) is 4.98. The van der Waals surface area contributed by atoms with E-state index < -0.39 is 0 Å². The Balaban J connectivity index is 2.11. The van der Waals surface area contributed by atoms with Gasteiger partial charge in [0.2, 0.25) is 0 Å². The highest BCUT2D eigenvalue weighted by Gasteiger charge is 2.31. The van der Waals surface area contributed by atoms with Crippen molar-refractivity contribution in [1.82, 2.24) is 9.88 Å². The molecule has 0 atom stereocenters. The van der Waals surface area contributed by atoms with Gasteiger partial charge in [-0.25, -0.2) is 4.98 Å². The lowest BCUT2D eigenvalue weighted by molar-refractivity contribution is 0.139. The van der Waals surface area contributed by atoms with Crippen molar-refractivity contribution in [3.8, 4) is 0 Å². The maximum absolute atomic E-state index is 5.59. The van der Waals surface area contributed by atoms with E-state index in [4.69, 9.17) is 5.73 Å². The summed E-state index contributed by atoms with van der Waals surface area (Å²) in [4.78, 5) is 9.31. The minimum Gasteiger partial charge on any atom is -0.345 e. The monoisotopic (exact) mass is 240 g/mol. The van der Waals surface area contributed by atoms with Crippen molar-refractivity contribution in [2.75, 3.05) is 31.6 Å². The molecule has 0 unspecified atom stereocenters. The molecular weight excluding hydrogens is 220 g/mol. The Bertz CT molecular complexity index is 361. The van der Waals surface area contributed by atoms with Gasteiger partial charge in [0, 0.05) is 37.1 Å². The molecular formula is C11H20N4S. The molecule has 1 aliphatic rings. The van der Waals surface area contributed by atoms with Gasteiger partial charge < -0.3 is 10.6 Å². The van der Waals surface area contributed by atoms with Gasteiger partial charge in [-0.2, -0.15) is 0 Å². The molecule has 1 saturated heterocycles. The van der Waals surface area contributed by atoms with Gasteiger partial charge in [-0.1, -0.05) is 0 Å². The maximum Gasteiger partial charge on any atom is 0.185 e. The lowest BCUT2D eigenvalue weighted by atomic mass is 10.0. The van der Waals surface area contributed by atoms with E-state index in [9.17, 15) is 0 Å². The largest absolute Gasteiger partial charge is 0.345 e. The van der Waals surface area contributed by atoms with E-state index in [-0.39, 0.29) is 5.54 Å². The molecule has 2 N–H and O–H groups in total. The van der Waals surface area contributed by atoms with E-state index >= 15 is 0 Å². The lowest BCUT2D eigenvalue weighted by Crippen LogP contribution is -2.57. The van der Waals surface area contributed by atoms with E-state index in [2.05, 4.69) is 41.1 Å². The van der Waals surface area contributed by atoms with Crippen LogP contribution in [0.5, 0.6) is 0 Å². The van der Waals surface area contributed by atoms with Gasteiger partial charge in [-0.15, -0.1) is 11.3 Å². The molecule has 90 valence electrons. The van der Waals surface area contributed by atoms with Crippen molar-refractivity contribution >= 4 is 16.5 Å². The molecule has 0 aromatic carbocycles. The van der Waals surface area contributed by atoms with Crippen LogP contribution in [0.3, 0.4) is 0 Å². The molecule has 1 aliphatic heterocycles. The highest BCUT2D eigenvalue weighted by atomic mass is 32.1. The fourth-order valence-corrected chi connectivity index (χ4v) is 2.80. The molecule has 0 spiro atoms. The summed E-state index contributed by atoms with van der Waals surface area (Å²) in [5, 5.41) is 3.17. The molecule has 1 fully saturated rings. The van der Waals surface area contributed by atoms with Crippen LogP contribution in [0.1, 0.15) is 19.5 Å².